The van der Waals surface area contributed by atoms with Gasteiger partial charge in [-0.25, -0.2) is 4.98 Å². The third kappa shape index (κ3) is 3.02. The van der Waals surface area contributed by atoms with Crippen LogP contribution in [-0.2, 0) is 11.3 Å². The molecule has 0 radical (unpaired) electrons. The maximum atomic E-state index is 12.5. The predicted molar refractivity (Wildman–Crippen MR) is 91.0 cm³/mol. The van der Waals surface area contributed by atoms with Crippen molar-refractivity contribution in [1.82, 2.24) is 9.38 Å². The van der Waals surface area contributed by atoms with Gasteiger partial charge in [0.15, 0.2) is 4.47 Å². The topological polar surface area (TPSA) is 67.7 Å². The molecule has 24 heavy (non-hydrogen) atoms. The van der Waals surface area contributed by atoms with E-state index in [1.54, 1.807) is 21.4 Å². The molecule has 0 amide bonds. The first-order chi connectivity index (χ1) is 11.5. The number of nitrogens with zero attached hydrogens (tertiary/aromatic N) is 3. The van der Waals surface area contributed by atoms with Gasteiger partial charge in [-0.15, -0.1) is 11.3 Å². The SMILES string of the molecule is CCOCC(=O)c1c(O)[n+](Cc2cnc(Cl)s2)c2c(C)cccn12. The number of aromatic hydroxyl groups is 1. The summed E-state index contributed by atoms with van der Waals surface area (Å²) >= 11 is 7.23. The highest BCUT2D eigenvalue weighted by Gasteiger charge is 2.31. The number of hydrogen-bond donors (Lipinski definition) is 1. The lowest BCUT2D eigenvalue weighted by atomic mass is 10.3. The molecular formula is C16H17ClN3O3S+. The molecule has 0 bridgehead atoms. The van der Waals surface area contributed by atoms with Crippen molar-refractivity contribution in [2.24, 2.45) is 0 Å². The number of halogens is 1. The zero-order chi connectivity index (χ0) is 17.3. The Morgan fingerprint density at radius 1 is 1.54 bits per heavy atom. The highest BCUT2D eigenvalue weighted by Crippen LogP contribution is 2.23. The van der Waals surface area contributed by atoms with Crippen molar-refractivity contribution in [2.45, 2.75) is 20.4 Å². The van der Waals surface area contributed by atoms with Crippen LogP contribution in [0.5, 0.6) is 5.88 Å². The summed E-state index contributed by atoms with van der Waals surface area (Å²) in [4.78, 5) is 17.4. The molecule has 0 aliphatic heterocycles. The van der Waals surface area contributed by atoms with E-state index >= 15 is 0 Å². The van der Waals surface area contributed by atoms with Crippen molar-refractivity contribution in [3.63, 3.8) is 0 Å². The molecular weight excluding hydrogens is 350 g/mol. The van der Waals surface area contributed by atoms with Crippen molar-refractivity contribution >= 4 is 34.4 Å². The van der Waals surface area contributed by atoms with E-state index < -0.39 is 0 Å². The number of carbonyl (C=O) groups excluding carboxylic acids is 1. The van der Waals surface area contributed by atoms with Gasteiger partial charge in [0, 0.05) is 18.4 Å². The molecule has 0 spiro atoms. The van der Waals surface area contributed by atoms with Gasteiger partial charge in [0.25, 0.3) is 11.3 Å². The summed E-state index contributed by atoms with van der Waals surface area (Å²) in [6.07, 6.45) is 3.43. The van der Waals surface area contributed by atoms with E-state index in [4.69, 9.17) is 16.3 Å². The Labute approximate surface area is 147 Å². The Kier molecular flexibility index (Phi) is 4.84. The maximum absolute atomic E-state index is 12.5. The van der Waals surface area contributed by atoms with Crippen LogP contribution in [0.4, 0.5) is 0 Å². The van der Waals surface area contributed by atoms with Gasteiger partial charge in [0.2, 0.25) is 5.78 Å². The summed E-state index contributed by atoms with van der Waals surface area (Å²) < 4.78 is 9.04. The summed E-state index contributed by atoms with van der Waals surface area (Å²) in [6, 6.07) is 3.77. The summed E-state index contributed by atoms with van der Waals surface area (Å²) in [7, 11) is 0. The molecule has 0 saturated heterocycles. The van der Waals surface area contributed by atoms with Crippen LogP contribution >= 0.6 is 22.9 Å². The van der Waals surface area contributed by atoms with Crippen LogP contribution in [0.3, 0.4) is 0 Å². The van der Waals surface area contributed by atoms with Crippen molar-refractivity contribution in [3.05, 3.63) is 45.1 Å². The molecule has 0 atom stereocenters. The lowest BCUT2D eigenvalue weighted by Gasteiger charge is -1.98. The first kappa shape index (κ1) is 16.9. The van der Waals surface area contributed by atoms with Gasteiger partial charge in [-0.1, -0.05) is 11.6 Å². The van der Waals surface area contributed by atoms with Gasteiger partial charge in [-0.3, -0.25) is 4.79 Å². The van der Waals surface area contributed by atoms with Gasteiger partial charge >= 0.3 is 5.88 Å². The quantitative estimate of drug-likeness (QED) is 0.538. The number of aryl methyl sites for hydroxylation is 1. The number of Topliss-reactive ketones (excluding diaryl/α,β-unsaturated/α-hetero) is 1. The van der Waals surface area contributed by atoms with Crippen molar-refractivity contribution in [2.75, 3.05) is 13.2 Å². The molecule has 0 saturated carbocycles. The normalized spacial score (nSPS) is 11.3. The van der Waals surface area contributed by atoms with Crippen LogP contribution in [0.1, 0.15) is 27.9 Å². The van der Waals surface area contributed by atoms with E-state index in [2.05, 4.69) is 4.98 Å². The number of carbonyl (C=O) groups is 1. The Hall–Kier alpha value is -1.96. The third-order valence-electron chi connectivity index (χ3n) is 3.67. The lowest BCUT2D eigenvalue weighted by Crippen LogP contribution is -2.34. The van der Waals surface area contributed by atoms with Crippen molar-refractivity contribution < 1.29 is 19.2 Å². The van der Waals surface area contributed by atoms with Crippen LogP contribution in [0.25, 0.3) is 5.65 Å². The molecule has 0 fully saturated rings. The Morgan fingerprint density at radius 3 is 3.00 bits per heavy atom. The van der Waals surface area contributed by atoms with E-state index in [0.29, 0.717) is 17.6 Å². The summed E-state index contributed by atoms with van der Waals surface area (Å²) in [6.45, 7) is 4.50. The van der Waals surface area contributed by atoms with Crippen LogP contribution in [0.15, 0.2) is 24.5 Å². The van der Waals surface area contributed by atoms with Gasteiger partial charge in [0.05, 0.1) is 11.1 Å². The molecule has 3 heterocycles. The Balaban J connectivity index is 2.14. The molecule has 0 aromatic carbocycles. The minimum atomic E-state index is -0.268. The number of thiazole rings is 1. The number of ketones is 1. The molecule has 0 aliphatic carbocycles. The van der Waals surface area contributed by atoms with Gasteiger partial charge in [-0.05, 0) is 26.0 Å². The third-order valence-corrected chi connectivity index (χ3v) is 4.77. The van der Waals surface area contributed by atoms with Crippen LogP contribution in [-0.4, -0.2) is 33.5 Å². The molecule has 3 rings (SSSR count). The molecule has 8 heteroatoms. The Morgan fingerprint density at radius 2 is 2.33 bits per heavy atom. The first-order valence-electron chi connectivity index (χ1n) is 7.46. The van der Waals surface area contributed by atoms with Crippen LogP contribution in [0, 0.1) is 6.92 Å². The van der Waals surface area contributed by atoms with Crippen LogP contribution in [0.2, 0.25) is 4.47 Å². The molecule has 1 N–H and O–H groups in total. The standard InChI is InChI=1S/C16H16ClN3O3S/c1-3-23-9-12(21)13-15(22)20(8-11-7-18-16(17)24-11)14-10(2)5-4-6-19(13)14/h4-7H,3,8-9H2,1-2H3/p+1. The highest BCUT2D eigenvalue weighted by atomic mass is 35.5. The van der Waals surface area contributed by atoms with Crippen LogP contribution < -0.4 is 4.57 Å². The number of hydrogen-bond acceptors (Lipinski definition) is 5. The molecule has 3 aromatic heterocycles. The van der Waals surface area contributed by atoms with E-state index in [1.807, 2.05) is 26.0 Å². The molecule has 6 nitrogen and oxygen atoms in total. The monoisotopic (exact) mass is 366 g/mol. The zero-order valence-electron chi connectivity index (χ0n) is 13.3. The fraction of sp³-hybridized carbons (Fsp3) is 0.312. The van der Waals surface area contributed by atoms with E-state index in [0.717, 1.165) is 16.1 Å². The number of ether oxygens (including phenoxy) is 1. The fourth-order valence-corrected chi connectivity index (χ4v) is 3.62. The van der Waals surface area contributed by atoms with Gasteiger partial charge < -0.3 is 9.84 Å². The number of fused-ring (bicyclic) bond motifs is 1. The summed E-state index contributed by atoms with van der Waals surface area (Å²) in [5.41, 5.74) is 1.91. The van der Waals surface area contributed by atoms with Gasteiger partial charge in [0.1, 0.15) is 13.2 Å². The average molecular weight is 367 g/mol. The van der Waals surface area contributed by atoms with E-state index in [-0.39, 0.29) is 24.0 Å². The number of rotatable bonds is 6. The van der Waals surface area contributed by atoms with Crippen molar-refractivity contribution in [1.29, 1.82) is 0 Å². The number of imidazole rings is 1. The van der Waals surface area contributed by atoms with E-state index in [1.165, 1.54) is 11.3 Å². The first-order valence-corrected chi connectivity index (χ1v) is 8.66. The minimum Gasteiger partial charge on any atom is -0.475 e. The van der Waals surface area contributed by atoms with Crippen molar-refractivity contribution in [3.8, 4) is 5.88 Å². The summed E-state index contributed by atoms with van der Waals surface area (Å²) in [5, 5.41) is 10.7. The Bertz CT molecular complexity index is 903. The summed E-state index contributed by atoms with van der Waals surface area (Å²) in [5.74, 6) is -0.352. The number of aromatic nitrogens is 3. The average Bonchev–Trinajstić information content (AvgIpc) is 3.08. The smallest absolute Gasteiger partial charge is 0.335 e. The minimum absolute atomic E-state index is 0.0729. The zero-order valence-corrected chi connectivity index (χ0v) is 14.9. The lowest BCUT2D eigenvalue weighted by molar-refractivity contribution is -0.667. The van der Waals surface area contributed by atoms with Gasteiger partial charge in [-0.2, -0.15) is 8.97 Å². The second-order valence-electron chi connectivity index (χ2n) is 5.28. The maximum Gasteiger partial charge on any atom is 0.335 e. The van der Waals surface area contributed by atoms with E-state index in [9.17, 15) is 9.90 Å². The predicted octanol–water partition coefficient (Wildman–Crippen LogP) is 2.62. The number of pyridine rings is 1. The molecule has 126 valence electrons. The second-order valence-corrected chi connectivity index (χ2v) is 6.98. The molecule has 3 aromatic rings. The second kappa shape index (κ2) is 6.88. The highest BCUT2D eigenvalue weighted by molar-refractivity contribution is 7.15. The fourth-order valence-electron chi connectivity index (χ4n) is 2.65. The molecule has 0 unspecified atom stereocenters. The molecule has 0 aliphatic rings. The largest absolute Gasteiger partial charge is 0.475 e.